The summed E-state index contributed by atoms with van der Waals surface area (Å²) in [5.41, 5.74) is 4.03. The highest BCUT2D eigenvalue weighted by molar-refractivity contribution is 5.83. The van der Waals surface area contributed by atoms with Crippen LogP contribution in [-0.4, -0.2) is 16.9 Å². The van der Waals surface area contributed by atoms with Crippen molar-refractivity contribution in [1.29, 1.82) is 0 Å². The molecule has 1 aromatic heterocycles. The van der Waals surface area contributed by atoms with Crippen molar-refractivity contribution in [2.75, 3.05) is 0 Å². The van der Waals surface area contributed by atoms with Gasteiger partial charge in [0.2, 0.25) is 5.91 Å². The number of aromatic nitrogens is 1. The molecule has 1 amide bonds. The minimum absolute atomic E-state index is 0.106. The molecule has 2 rings (SSSR count). The molecule has 0 aromatic carbocycles. The molecule has 1 fully saturated rings. The summed E-state index contributed by atoms with van der Waals surface area (Å²) in [6, 6.07) is 3.99. The number of nitrogens with zero attached hydrogens (tertiary/aromatic N) is 1. The average Bonchev–Trinajstić information content (AvgIpc) is 2.17. The van der Waals surface area contributed by atoms with Gasteiger partial charge in [0.15, 0.2) is 0 Å². The van der Waals surface area contributed by atoms with Crippen molar-refractivity contribution in [2.24, 2.45) is 0 Å². The topological polar surface area (TPSA) is 42.0 Å². The molecule has 1 aliphatic heterocycles. The first-order valence-corrected chi connectivity index (χ1v) is 4.46. The van der Waals surface area contributed by atoms with Crippen LogP contribution < -0.4 is 5.32 Å². The second-order valence-electron chi connectivity index (χ2n) is 3.14. The molecule has 0 radical (unpaired) electrons. The maximum absolute atomic E-state index is 10.6. The van der Waals surface area contributed by atoms with Crippen molar-refractivity contribution in [3.05, 3.63) is 41.9 Å². The van der Waals surface area contributed by atoms with Gasteiger partial charge in [-0.25, -0.2) is 0 Å². The van der Waals surface area contributed by atoms with Crippen molar-refractivity contribution < 1.29 is 4.79 Å². The van der Waals surface area contributed by atoms with Gasteiger partial charge in [-0.3, -0.25) is 9.78 Å². The lowest BCUT2D eigenvalue weighted by molar-refractivity contribution is -0.127. The fourth-order valence-corrected chi connectivity index (χ4v) is 1.21. The van der Waals surface area contributed by atoms with Crippen LogP contribution in [0, 0.1) is 0 Å². The lowest BCUT2D eigenvalue weighted by Crippen LogP contribution is -2.46. The molecule has 1 aromatic rings. The molecule has 2 heterocycles. The number of hydrogen-bond donors (Lipinski definition) is 1. The molecule has 0 bridgehead atoms. The van der Waals surface area contributed by atoms with Crippen LogP contribution in [0.2, 0.25) is 0 Å². The summed E-state index contributed by atoms with van der Waals surface area (Å²) in [5, 5.41) is 2.74. The summed E-state index contributed by atoms with van der Waals surface area (Å²) in [5.74, 6) is 0.106. The van der Waals surface area contributed by atoms with Gasteiger partial charge in [-0.1, -0.05) is 6.07 Å². The normalized spacial score (nSPS) is 18.9. The van der Waals surface area contributed by atoms with Gasteiger partial charge in [-0.15, -0.1) is 5.73 Å². The summed E-state index contributed by atoms with van der Waals surface area (Å²) >= 11 is 0. The van der Waals surface area contributed by atoms with Gasteiger partial charge in [-0.2, -0.15) is 0 Å². The van der Waals surface area contributed by atoms with E-state index in [1.807, 2.05) is 24.3 Å². The third-order valence-corrected chi connectivity index (χ3v) is 1.98. The molecule has 1 atom stereocenters. The zero-order valence-electron chi connectivity index (χ0n) is 7.60. The number of pyridine rings is 1. The van der Waals surface area contributed by atoms with Crippen LogP contribution in [0.25, 0.3) is 6.08 Å². The Balaban J connectivity index is 1.97. The van der Waals surface area contributed by atoms with Crippen molar-refractivity contribution in [3.63, 3.8) is 0 Å². The minimum Gasteiger partial charge on any atom is -0.349 e. The number of β-lactam (4-membered cyclic amide) rings is 1. The minimum atomic E-state index is 0.106. The Hall–Kier alpha value is -1.86. The Kier molecular flexibility index (Phi) is 2.43. The molecule has 14 heavy (non-hydrogen) atoms. The highest BCUT2D eigenvalue weighted by atomic mass is 16.2. The third kappa shape index (κ3) is 2.09. The molecule has 1 unspecified atom stereocenters. The first kappa shape index (κ1) is 8.73. The van der Waals surface area contributed by atoms with Gasteiger partial charge >= 0.3 is 0 Å². The van der Waals surface area contributed by atoms with Crippen molar-refractivity contribution >= 4 is 12.0 Å². The summed E-state index contributed by atoms with van der Waals surface area (Å²) in [6.07, 6.45) is 7.77. The van der Waals surface area contributed by atoms with E-state index in [4.69, 9.17) is 0 Å². The average molecular weight is 186 g/mol. The fourth-order valence-electron chi connectivity index (χ4n) is 1.21. The van der Waals surface area contributed by atoms with Gasteiger partial charge in [0.05, 0.1) is 12.5 Å². The quantitative estimate of drug-likeness (QED) is 0.556. The maximum atomic E-state index is 10.6. The van der Waals surface area contributed by atoms with E-state index >= 15 is 0 Å². The predicted molar refractivity (Wildman–Crippen MR) is 53.3 cm³/mol. The Labute approximate surface area is 82.2 Å². The number of carbonyl (C=O) groups is 1. The molecular weight excluding hydrogens is 176 g/mol. The van der Waals surface area contributed by atoms with E-state index in [1.54, 1.807) is 12.4 Å². The summed E-state index contributed by atoms with van der Waals surface area (Å²) < 4.78 is 0. The number of hydrogen-bond acceptors (Lipinski definition) is 2. The number of amides is 1. The monoisotopic (exact) mass is 186 g/mol. The Morgan fingerprint density at radius 2 is 2.50 bits per heavy atom. The second-order valence-corrected chi connectivity index (χ2v) is 3.14. The highest BCUT2D eigenvalue weighted by Crippen LogP contribution is 2.04. The van der Waals surface area contributed by atoms with Crippen LogP contribution in [0.15, 0.2) is 36.3 Å². The van der Waals surface area contributed by atoms with E-state index < -0.39 is 0 Å². The summed E-state index contributed by atoms with van der Waals surface area (Å²) in [7, 11) is 0. The highest BCUT2D eigenvalue weighted by Gasteiger charge is 2.21. The van der Waals surface area contributed by atoms with Crippen LogP contribution >= 0.6 is 0 Å². The first-order valence-electron chi connectivity index (χ1n) is 4.46. The molecule has 0 spiro atoms. The number of nitrogens with one attached hydrogen (secondary N) is 1. The molecule has 0 saturated carbocycles. The van der Waals surface area contributed by atoms with Gasteiger partial charge < -0.3 is 5.32 Å². The molecule has 1 aliphatic rings. The molecular formula is C11H10N2O. The van der Waals surface area contributed by atoms with E-state index in [1.165, 1.54) is 0 Å². The zero-order chi connectivity index (χ0) is 9.80. The van der Waals surface area contributed by atoms with Gasteiger partial charge in [-0.05, 0) is 18.2 Å². The molecule has 3 heteroatoms. The van der Waals surface area contributed by atoms with Crippen molar-refractivity contribution in [3.8, 4) is 0 Å². The van der Waals surface area contributed by atoms with Crippen LogP contribution in [0.1, 0.15) is 12.0 Å². The smallest absolute Gasteiger partial charge is 0.222 e. The summed E-state index contributed by atoms with van der Waals surface area (Å²) in [4.78, 5) is 14.5. The van der Waals surface area contributed by atoms with Crippen LogP contribution in [0.3, 0.4) is 0 Å². The SMILES string of the molecule is O=C1CC(C=C=Cc2cccnc2)N1. The molecule has 1 N–H and O–H groups in total. The van der Waals surface area contributed by atoms with E-state index in [2.05, 4.69) is 16.0 Å². The lowest BCUT2D eigenvalue weighted by Gasteiger charge is -2.22. The van der Waals surface area contributed by atoms with E-state index in [0.29, 0.717) is 6.42 Å². The summed E-state index contributed by atoms with van der Waals surface area (Å²) in [6.45, 7) is 0. The number of carbonyl (C=O) groups excluding carboxylic acids is 1. The first-order chi connectivity index (χ1) is 6.84. The van der Waals surface area contributed by atoms with Crippen LogP contribution in [0.5, 0.6) is 0 Å². The Bertz CT molecular complexity index is 383. The van der Waals surface area contributed by atoms with E-state index in [9.17, 15) is 4.79 Å². The Morgan fingerprint density at radius 1 is 1.64 bits per heavy atom. The molecule has 0 aliphatic carbocycles. The second kappa shape index (κ2) is 3.90. The van der Waals surface area contributed by atoms with E-state index in [-0.39, 0.29) is 11.9 Å². The van der Waals surface area contributed by atoms with Crippen LogP contribution in [-0.2, 0) is 4.79 Å². The van der Waals surface area contributed by atoms with Crippen molar-refractivity contribution in [2.45, 2.75) is 12.5 Å². The fraction of sp³-hybridized carbons (Fsp3) is 0.182. The molecule has 70 valence electrons. The zero-order valence-corrected chi connectivity index (χ0v) is 7.60. The molecule has 1 saturated heterocycles. The van der Waals surface area contributed by atoms with Gasteiger partial charge in [0.1, 0.15) is 0 Å². The van der Waals surface area contributed by atoms with Crippen molar-refractivity contribution in [1.82, 2.24) is 10.3 Å². The van der Waals surface area contributed by atoms with Gasteiger partial charge in [0.25, 0.3) is 0 Å². The van der Waals surface area contributed by atoms with Gasteiger partial charge in [0, 0.05) is 18.0 Å². The lowest BCUT2D eigenvalue weighted by atomic mass is 10.1. The predicted octanol–water partition coefficient (Wildman–Crippen LogP) is 1.14. The third-order valence-electron chi connectivity index (χ3n) is 1.98. The van der Waals surface area contributed by atoms with E-state index in [0.717, 1.165) is 5.56 Å². The maximum Gasteiger partial charge on any atom is 0.222 e. The van der Waals surface area contributed by atoms with Crippen LogP contribution in [0.4, 0.5) is 0 Å². The largest absolute Gasteiger partial charge is 0.349 e. The molecule has 3 nitrogen and oxygen atoms in total. The Morgan fingerprint density at radius 3 is 3.14 bits per heavy atom. The number of rotatable bonds is 2. The standard InChI is InChI=1S/C11H10N2O/c14-11-7-10(13-11)5-1-3-9-4-2-6-12-8-9/h2-6,8,10H,7H2,(H,13,14).